The molecular weight excluding hydrogens is 253 g/mol. The maximum atomic E-state index is 12.5. The predicted octanol–water partition coefficient (Wildman–Crippen LogP) is 2.57. The molecule has 3 aliphatic rings. The van der Waals surface area contributed by atoms with Gasteiger partial charge in [-0.1, -0.05) is 6.08 Å². The van der Waals surface area contributed by atoms with Crippen LogP contribution in [-0.2, 0) is 0 Å². The summed E-state index contributed by atoms with van der Waals surface area (Å²) in [5.74, 6) is 0.718. The van der Waals surface area contributed by atoms with Gasteiger partial charge in [-0.15, -0.1) is 0 Å². The van der Waals surface area contributed by atoms with E-state index in [1.807, 2.05) is 0 Å². The van der Waals surface area contributed by atoms with Crippen molar-refractivity contribution in [2.24, 2.45) is 11.3 Å². The van der Waals surface area contributed by atoms with Gasteiger partial charge in [-0.2, -0.15) is 13.2 Å². The molecule has 19 heavy (non-hydrogen) atoms. The van der Waals surface area contributed by atoms with Gasteiger partial charge in [-0.3, -0.25) is 4.90 Å². The van der Waals surface area contributed by atoms with E-state index < -0.39 is 6.18 Å². The summed E-state index contributed by atoms with van der Waals surface area (Å²) in [7, 11) is 0. The molecule has 1 N–H and O–H groups in total. The first kappa shape index (κ1) is 13.4. The summed E-state index contributed by atoms with van der Waals surface area (Å²) in [4.78, 5) is 2.19. The molecule has 0 amide bonds. The second-order valence-electron chi connectivity index (χ2n) is 6.25. The lowest BCUT2D eigenvalue weighted by atomic mass is 9.91. The van der Waals surface area contributed by atoms with Crippen LogP contribution in [0, 0.1) is 11.3 Å². The van der Waals surface area contributed by atoms with Crippen molar-refractivity contribution in [1.29, 1.82) is 0 Å². The van der Waals surface area contributed by atoms with Crippen LogP contribution in [0.15, 0.2) is 11.6 Å². The Balaban J connectivity index is 1.50. The summed E-state index contributed by atoms with van der Waals surface area (Å²) in [6, 6.07) is 0. The van der Waals surface area contributed by atoms with Gasteiger partial charge in [-0.05, 0) is 50.1 Å². The Labute approximate surface area is 112 Å². The Morgan fingerprint density at radius 3 is 2.63 bits per heavy atom. The molecule has 1 aliphatic carbocycles. The normalized spacial score (nSPS) is 31.3. The summed E-state index contributed by atoms with van der Waals surface area (Å²) >= 11 is 0. The van der Waals surface area contributed by atoms with Gasteiger partial charge >= 0.3 is 6.18 Å². The number of alkyl halides is 3. The lowest BCUT2D eigenvalue weighted by Crippen LogP contribution is -2.36. The average molecular weight is 274 g/mol. The highest BCUT2D eigenvalue weighted by Gasteiger charge is 2.53. The van der Waals surface area contributed by atoms with Crippen LogP contribution >= 0.6 is 0 Å². The molecule has 5 heteroatoms. The van der Waals surface area contributed by atoms with Crippen molar-refractivity contribution >= 4 is 0 Å². The Bertz CT molecular complexity index is 369. The van der Waals surface area contributed by atoms with E-state index >= 15 is 0 Å². The third kappa shape index (κ3) is 2.82. The summed E-state index contributed by atoms with van der Waals surface area (Å²) in [5.41, 5.74) is 0.190. The van der Waals surface area contributed by atoms with Crippen LogP contribution in [0.4, 0.5) is 13.2 Å². The molecule has 3 rings (SSSR count). The van der Waals surface area contributed by atoms with Gasteiger partial charge < -0.3 is 5.32 Å². The van der Waals surface area contributed by atoms with E-state index in [1.54, 1.807) is 0 Å². The van der Waals surface area contributed by atoms with Crippen molar-refractivity contribution in [2.45, 2.75) is 31.9 Å². The molecule has 0 aromatic carbocycles. The Morgan fingerprint density at radius 2 is 2.05 bits per heavy atom. The SMILES string of the molecule is FC(F)(F)C1=CCN(CC2CC23CCNCC3)CC1. The first-order valence-corrected chi connectivity index (χ1v) is 7.19. The van der Waals surface area contributed by atoms with Gasteiger partial charge in [0.25, 0.3) is 0 Å². The molecule has 2 fully saturated rings. The molecule has 108 valence electrons. The molecule has 0 bridgehead atoms. The molecule has 1 saturated heterocycles. The summed E-state index contributed by atoms with van der Waals surface area (Å²) < 4.78 is 37.6. The topological polar surface area (TPSA) is 15.3 Å². The van der Waals surface area contributed by atoms with Gasteiger partial charge in [0, 0.05) is 25.2 Å². The maximum absolute atomic E-state index is 12.5. The molecular formula is C14H21F3N2. The van der Waals surface area contributed by atoms with E-state index in [4.69, 9.17) is 0 Å². The number of piperidine rings is 1. The van der Waals surface area contributed by atoms with Crippen LogP contribution in [-0.4, -0.2) is 43.8 Å². The molecule has 2 nitrogen and oxygen atoms in total. The summed E-state index contributed by atoms with van der Waals surface area (Å²) in [6.45, 7) is 4.24. The van der Waals surface area contributed by atoms with Crippen molar-refractivity contribution in [3.8, 4) is 0 Å². The molecule has 2 aliphatic heterocycles. The number of halogens is 3. The monoisotopic (exact) mass is 274 g/mol. The van der Waals surface area contributed by atoms with Crippen molar-refractivity contribution in [2.75, 3.05) is 32.7 Å². The van der Waals surface area contributed by atoms with E-state index in [2.05, 4.69) is 10.2 Å². The van der Waals surface area contributed by atoms with Crippen molar-refractivity contribution < 1.29 is 13.2 Å². The molecule has 1 spiro atoms. The summed E-state index contributed by atoms with van der Waals surface area (Å²) in [5, 5.41) is 3.38. The van der Waals surface area contributed by atoms with Gasteiger partial charge in [0.05, 0.1) is 0 Å². The predicted molar refractivity (Wildman–Crippen MR) is 67.8 cm³/mol. The van der Waals surface area contributed by atoms with Gasteiger partial charge in [0.2, 0.25) is 0 Å². The zero-order chi connectivity index (χ0) is 13.5. The highest BCUT2D eigenvalue weighted by molar-refractivity contribution is 5.14. The van der Waals surface area contributed by atoms with Crippen LogP contribution < -0.4 is 5.32 Å². The quantitative estimate of drug-likeness (QED) is 0.779. The fourth-order valence-corrected chi connectivity index (χ4v) is 3.67. The molecule has 0 aromatic heterocycles. The first-order valence-electron chi connectivity index (χ1n) is 7.19. The van der Waals surface area contributed by atoms with Crippen molar-refractivity contribution in [3.63, 3.8) is 0 Å². The fraction of sp³-hybridized carbons (Fsp3) is 0.857. The number of rotatable bonds is 2. The van der Waals surface area contributed by atoms with Crippen LogP contribution in [0.1, 0.15) is 25.7 Å². The zero-order valence-corrected chi connectivity index (χ0v) is 11.1. The standard InChI is InChI=1S/C14H21F3N2/c15-14(16,17)11-1-7-19(8-2-11)10-12-9-13(12)3-5-18-6-4-13/h1,12,18H,2-10H2. The van der Waals surface area contributed by atoms with E-state index in [0.29, 0.717) is 18.5 Å². The second kappa shape index (κ2) is 4.77. The Morgan fingerprint density at radius 1 is 1.32 bits per heavy atom. The number of nitrogens with one attached hydrogen (secondary N) is 1. The average Bonchev–Trinajstić information content (AvgIpc) is 3.01. The number of hydrogen-bond acceptors (Lipinski definition) is 2. The number of nitrogens with zero attached hydrogens (tertiary/aromatic N) is 1. The van der Waals surface area contributed by atoms with Crippen LogP contribution in [0.2, 0.25) is 0 Å². The van der Waals surface area contributed by atoms with Gasteiger partial charge in [-0.25, -0.2) is 0 Å². The molecule has 2 heterocycles. The largest absolute Gasteiger partial charge is 0.412 e. The fourth-order valence-electron chi connectivity index (χ4n) is 3.67. The van der Waals surface area contributed by atoms with Gasteiger partial charge in [0.15, 0.2) is 0 Å². The number of hydrogen-bond donors (Lipinski definition) is 1. The Kier molecular flexibility index (Phi) is 3.38. The smallest absolute Gasteiger partial charge is 0.317 e. The lowest BCUT2D eigenvalue weighted by Gasteiger charge is -2.29. The third-order valence-electron chi connectivity index (χ3n) is 5.09. The minimum absolute atomic E-state index is 0.158. The maximum Gasteiger partial charge on any atom is 0.412 e. The van der Waals surface area contributed by atoms with E-state index in [-0.39, 0.29) is 12.0 Å². The highest BCUT2D eigenvalue weighted by Crippen LogP contribution is 2.58. The first-order chi connectivity index (χ1) is 9.00. The lowest BCUT2D eigenvalue weighted by molar-refractivity contribution is -0.0960. The van der Waals surface area contributed by atoms with Crippen molar-refractivity contribution in [3.05, 3.63) is 11.6 Å². The molecule has 0 aromatic rings. The minimum Gasteiger partial charge on any atom is -0.317 e. The molecule has 1 unspecified atom stereocenters. The van der Waals surface area contributed by atoms with Crippen molar-refractivity contribution in [1.82, 2.24) is 10.2 Å². The van der Waals surface area contributed by atoms with Gasteiger partial charge in [0.1, 0.15) is 0 Å². The van der Waals surface area contributed by atoms with Crippen LogP contribution in [0.25, 0.3) is 0 Å². The Hall–Kier alpha value is -0.550. The van der Waals surface area contributed by atoms with E-state index in [1.165, 1.54) is 25.3 Å². The molecule has 1 saturated carbocycles. The van der Waals surface area contributed by atoms with Crippen LogP contribution in [0.3, 0.4) is 0 Å². The summed E-state index contributed by atoms with van der Waals surface area (Å²) in [6.07, 6.45) is 1.18. The second-order valence-corrected chi connectivity index (χ2v) is 6.25. The molecule has 0 radical (unpaired) electrons. The van der Waals surface area contributed by atoms with E-state index in [9.17, 15) is 13.2 Å². The highest BCUT2D eigenvalue weighted by atomic mass is 19.4. The minimum atomic E-state index is -4.12. The molecule has 1 atom stereocenters. The van der Waals surface area contributed by atoms with E-state index in [0.717, 1.165) is 25.6 Å². The zero-order valence-electron chi connectivity index (χ0n) is 11.1. The third-order valence-corrected chi connectivity index (χ3v) is 5.09. The van der Waals surface area contributed by atoms with Crippen LogP contribution in [0.5, 0.6) is 0 Å².